The second-order valence-corrected chi connectivity index (χ2v) is 3.39. The molecule has 1 heterocycles. The number of halogens is 2. The summed E-state index contributed by atoms with van der Waals surface area (Å²) in [6, 6.07) is 3.12. The third-order valence-corrected chi connectivity index (χ3v) is 2.19. The highest BCUT2D eigenvalue weighted by atomic mass is 35.5. The molecule has 0 amide bonds. The number of nitrogens with zero attached hydrogens (tertiary/aromatic N) is 1. The van der Waals surface area contributed by atoms with Crippen LogP contribution in [0.3, 0.4) is 0 Å². The fourth-order valence-corrected chi connectivity index (χ4v) is 1.64. The first-order valence-corrected chi connectivity index (χ1v) is 4.26. The summed E-state index contributed by atoms with van der Waals surface area (Å²) in [5, 5.41) is 7.57. The van der Waals surface area contributed by atoms with Gasteiger partial charge in [-0.2, -0.15) is 5.10 Å². The number of hydrogen-bond acceptors (Lipinski definition) is 2. The topological polar surface area (TPSA) is 45.8 Å². The molecule has 0 aliphatic rings. The van der Waals surface area contributed by atoms with Crippen molar-refractivity contribution in [2.45, 2.75) is 0 Å². The highest BCUT2D eigenvalue weighted by Gasteiger charge is 2.04. The first kappa shape index (κ1) is 8.53. The molecule has 66 valence electrons. The average Bonchev–Trinajstić information content (AvgIpc) is 2.07. The van der Waals surface area contributed by atoms with Gasteiger partial charge in [-0.3, -0.25) is 9.89 Å². The molecule has 0 bridgehead atoms. The largest absolute Gasteiger partial charge is 0.287 e. The predicted molar refractivity (Wildman–Crippen MR) is 52.4 cm³/mol. The van der Waals surface area contributed by atoms with Crippen molar-refractivity contribution in [3.8, 4) is 0 Å². The van der Waals surface area contributed by atoms with Crippen LogP contribution in [0.25, 0.3) is 10.9 Å². The molecule has 0 saturated carbocycles. The van der Waals surface area contributed by atoms with E-state index >= 15 is 0 Å². The van der Waals surface area contributed by atoms with E-state index in [2.05, 4.69) is 10.2 Å². The van der Waals surface area contributed by atoms with Gasteiger partial charge in [0.05, 0.1) is 22.1 Å². The standard InChI is InChI=1S/C8H4Cl2N2O/c9-4-1-5-7(13)3-11-12-8(5)6(10)2-4/h1-3H,(H,12,13). The fourth-order valence-electron chi connectivity index (χ4n) is 1.11. The van der Waals surface area contributed by atoms with Crippen LogP contribution in [0, 0.1) is 0 Å². The van der Waals surface area contributed by atoms with Crippen molar-refractivity contribution < 1.29 is 0 Å². The fraction of sp³-hybridized carbons (Fsp3) is 0. The van der Waals surface area contributed by atoms with Gasteiger partial charge >= 0.3 is 0 Å². The molecule has 5 heteroatoms. The Balaban J connectivity index is 3.03. The van der Waals surface area contributed by atoms with Crippen LogP contribution < -0.4 is 5.43 Å². The van der Waals surface area contributed by atoms with Gasteiger partial charge in [0, 0.05) is 5.02 Å². The Kier molecular flexibility index (Phi) is 1.98. The summed E-state index contributed by atoms with van der Waals surface area (Å²) < 4.78 is 0. The lowest BCUT2D eigenvalue weighted by Crippen LogP contribution is -2.02. The lowest BCUT2D eigenvalue weighted by molar-refractivity contribution is 1.06. The molecule has 0 spiro atoms. The predicted octanol–water partition coefficient (Wildman–Crippen LogP) is 2.23. The van der Waals surface area contributed by atoms with Crippen molar-refractivity contribution >= 4 is 34.1 Å². The maximum atomic E-state index is 11.3. The van der Waals surface area contributed by atoms with Crippen LogP contribution in [0.15, 0.2) is 23.1 Å². The Morgan fingerprint density at radius 2 is 2.08 bits per heavy atom. The number of H-pyrrole nitrogens is 1. The minimum absolute atomic E-state index is 0.196. The lowest BCUT2D eigenvalue weighted by Gasteiger charge is -1.98. The summed E-state index contributed by atoms with van der Waals surface area (Å²) in [5.74, 6) is 0. The average molecular weight is 215 g/mol. The Morgan fingerprint density at radius 1 is 1.31 bits per heavy atom. The van der Waals surface area contributed by atoms with Gasteiger partial charge in [-0.25, -0.2) is 0 Å². The molecule has 0 aliphatic heterocycles. The molecule has 0 fully saturated rings. The zero-order valence-electron chi connectivity index (χ0n) is 6.34. The Morgan fingerprint density at radius 3 is 2.85 bits per heavy atom. The third-order valence-electron chi connectivity index (χ3n) is 1.68. The first-order valence-electron chi connectivity index (χ1n) is 3.51. The Labute approximate surface area is 83.3 Å². The summed E-state index contributed by atoms with van der Waals surface area (Å²) in [6.07, 6.45) is 1.19. The number of fused-ring (bicyclic) bond motifs is 1. The smallest absolute Gasteiger partial charge is 0.208 e. The Bertz CT molecular complexity index is 521. The number of nitrogens with one attached hydrogen (secondary N) is 1. The second kappa shape index (κ2) is 3.01. The molecule has 1 N–H and O–H groups in total. The van der Waals surface area contributed by atoms with Crippen molar-refractivity contribution in [3.63, 3.8) is 0 Å². The van der Waals surface area contributed by atoms with Crippen LogP contribution in [0.1, 0.15) is 0 Å². The summed E-state index contributed by atoms with van der Waals surface area (Å²) in [4.78, 5) is 11.3. The molecule has 0 radical (unpaired) electrons. The van der Waals surface area contributed by atoms with Gasteiger partial charge in [-0.05, 0) is 12.1 Å². The highest BCUT2D eigenvalue weighted by Crippen LogP contribution is 2.23. The molecule has 1 aromatic heterocycles. The summed E-state index contributed by atoms with van der Waals surface area (Å²) in [6.45, 7) is 0. The first-order chi connectivity index (χ1) is 6.18. The van der Waals surface area contributed by atoms with Crippen LogP contribution in [-0.2, 0) is 0 Å². The van der Waals surface area contributed by atoms with Crippen molar-refractivity contribution in [1.29, 1.82) is 0 Å². The minimum Gasteiger partial charge on any atom is -0.287 e. The van der Waals surface area contributed by atoms with Gasteiger partial charge in [-0.15, -0.1) is 0 Å². The SMILES string of the molecule is O=c1cn[nH]c2c(Cl)cc(Cl)cc12. The van der Waals surface area contributed by atoms with Crippen molar-refractivity contribution in [1.82, 2.24) is 10.2 Å². The second-order valence-electron chi connectivity index (χ2n) is 2.54. The molecule has 1 aromatic carbocycles. The van der Waals surface area contributed by atoms with E-state index in [0.717, 1.165) is 0 Å². The maximum absolute atomic E-state index is 11.3. The number of hydrogen-bond donors (Lipinski definition) is 1. The van der Waals surface area contributed by atoms with E-state index < -0.39 is 0 Å². The van der Waals surface area contributed by atoms with Crippen LogP contribution in [-0.4, -0.2) is 10.2 Å². The van der Waals surface area contributed by atoms with Crippen molar-refractivity contribution in [2.24, 2.45) is 0 Å². The van der Waals surface area contributed by atoms with E-state index in [1.165, 1.54) is 6.20 Å². The van der Waals surface area contributed by atoms with E-state index in [4.69, 9.17) is 23.2 Å². The van der Waals surface area contributed by atoms with E-state index in [0.29, 0.717) is 20.9 Å². The summed E-state index contributed by atoms with van der Waals surface area (Å²) in [7, 11) is 0. The van der Waals surface area contributed by atoms with E-state index in [1.54, 1.807) is 12.1 Å². The molecule has 0 saturated heterocycles. The monoisotopic (exact) mass is 214 g/mol. The number of aromatic nitrogens is 2. The highest BCUT2D eigenvalue weighted by molar-refractivity contribution is 6.38. The van der Waals surface area contributed by atoms with Crippen molar-refractivity contribution in [3.05, 3.63) is 38.6 Å². The molecule has 0 atom stereocenters. The van der Waals surface area contributed by atoms with Gasteiger partial charge in [-0.1, -0.05) is 23.2 Å². The number of aromatic amines is 1. The summed E-state index contributed by atoms with van der Waals surface area (Å²) in [5.41, 5.74) is 0.316. The van der Waals surface area contributed by atoms with Crippen LogP contribution >= 0.6 is 23.2 Å². The summed E-state index contributed by atoms with van der Waals surface area (Å²) >= 11 is 11.6. The van der Waals surface area contributed by atoms with Gasteiger partial charge in [0.15, 0.2) is 0 Å². The van der Waals surface area contributed by atoms with E-state index in [9.17, 15) is 4.79 Å². The van der Waals surface area contributed by atoms with Crippen LogP contribution in [0.4, 0.5) is 0 Å². The molecule has 0 aliphatic carbocycles. The molecule has 13 heavy (non-hydrogen) atoms. The van der Waals surface area contributed by atoms with Gasteiger partial charge in [0.2, 0.25) is 5.43 Å². The van der Waals surface area contributed by atoms with Crippen LogP contribution in [0.2, 0.25) is 10.0 Å². The lowest BCUT2D eigenvalue weighted by atomic mass is 10.2. The zero-order chi connectivity index (χ0) is 9.42. The van der Waals surface area contributed by atoms with E-state index in [1.807, 2.05) is 0 Å². The molecular weight excluding hydrogens is 211 g/mol. The van der Waals surface area contributed by atoms with Gasteiger partial charge < -0.3 is 0 Å². The third kappa shape index (κ3) is 1.41. The molecule has 2 rings (SSSR count). The zero-order valence-corrected chi connectivity index (χ0v) is 7.86. The molecule has 3 nitrogen and oxygen atoms in total. The number of benzene rings is 1. The Hall–Kier alpha value is -1.06. The maximum Gasteiger partial charge on any atom is 0.208 e. The van der Waals surface area contributed by atoms with E-state index in [-0.39, 0.29) is 5.43 Å². The normalized spacial score (nSPS) is 10.6. The van der Waals surface area contributed by atoms with Gasteiger partial charge in [0.25, 0.3) is 0 Å². The molecule has 2 aromatic rings. The number of rotatable bonds is 0. The van der Waals surface area contributed by atoms with Gasteiger partial charge in [0.1, 0.15) is 0 Å². The van der Waals surface area contributed by atoms with Crippen LogP contribution in [0.5, 0.6) is 0 Å². The molecule has 0 unspecified atom stereocenters. The minimum atomic E-state index is -0.196. The van der Waals surface area contributed by atoms with Crippen molar-refractivity contribution in [2.75, 3.05) is 0 Å². The molecular formula is C8H4Cl2N2O. The quantitative estimate of drug-likeness (QED) is 0.732.